The Labute approximate surface area is 319 Å². The smallest absolute Gasteiger partial charge is 0.306 e. The number of quaternary nitrogens is 1. The summed E-state index contributed by atoms with van der Waals surface area (Å²) < 4.78 is 33.7. The second-order valence-electron chi connectivity index (χ2n) is 15.0. The van der Waals surface area contributed by atoms with E-state index in [9.17, 15) is 19.0 Å². The second-order valence-corrected chi connectivity index (χ2v) is 16.4. The molecule has 304 valence electrons. The molecule has 0 aromatic carbocycles. The van der Waals surface area contributed by atoms with Crippen molar-refractivity contribution in [3.8, 4) is 0 Å². The Balaban J connectivity index is 4.46. The molecule has 0 aliphatic heterocycles. The van der Waals surface area contributed by atoms with Crippen molar-refractivity contribution in [2.45, 2.75) is 174 Å². The van der Waals surface area contributed by atoms with Crippen molar-refractivity contribution in [1.82, 2.24) is 0 Å². The van der Waals surface area contributed by atoms with Crippen LogP contribution in [0.1, 0.15) is 168 Å². The van der Waals surface area contributed by atoms with E-state index in [0.717, 1.165) is 44.9 Å². The normalized spacial score (nSPS) is 14.0. The number of likely N-dealkylation sites (N-methyl/N-ethyl adjacent to an activating group) is 1. The molecule has 10 heteroatoms. The third-order valence-electron chi connectivity index (χ3n) is 8.66. The van der Waals surface area contributed by atoms with Crippen molar-refractivity contribution >= 4 is 19.8 Å². The van der Waals surface area contributed by atoms with Gasteiger partial charge in [0.25, 0.3) is 7.82 Å². The topological polar surface area (TPSA) is 111 Å². The highest BCUT2D eigenvalue weighted by Gasteiger charge is 2.21. The molecule has 0 amide bonds. The molecule has 0 aromatic rings. The summed E-state index contributed by atoms with van der Waals surface area (Å²) in [6, 6.07) is 0. The highest BCUT2D eigenvalue weighted by atomic mass is 31.2. The number of unbranched alkanes of at least 4 members (excludes halogenated alkanes) is 17. The number of carbonyl (C=O) groups is 2. The largest absolute Gasteiger partial charge is 0.756 e. The Morgan fingerprint density at radius 3 is 1.60 bits per heavy atom. The Hall–Kier alpha value is -1.77. The first-order valence-electron chi connectivity index (χ1n) is 20.7. The van der Waals surface area contributed by atoms with Gasteiger partial charge in [0.1, 0.15) is 19.8 Å². The van der Waals surface area contributed by atoms with Gasteiger partial charge in [-0.1, -0.05) is 147 Å². The van der Waals surface area contributed by atoms with Gasteiger partial charge in [-0.2, -0.15) is 0 Å². The maximum absolute atomic E-state index is 12.6. The van der Waals surface area contributed by atoms with Gasteiger partial charge in [0.05, 0.1) is 27.7 Å². The lowest BCUT2D eigenvalue weighted by molar-refractivity contribution is -0.870. The average molecular weight is 756 g/mol. The SMILES string of the molecule is CCCCCCCC/C=C\C/C=C\C/C=C\CCCC(=O)OC[C@H](COP(=O)([O-])OCC[N+](C)(C)C)OC(=O)CCCCCCCCCCCCC. The lowest BCUT2D eigenvalue weighted by atomic mass is 10.1. The molecular weight excluding hydrogens is 677 g/mol. The van der Waals surface area contributed by atoms with Gasteiger partial charge in [-0.15, -0.1) is 0 Å². The molecule has 1 unspecified atom stereocenters. The molecule has 0 heterocycles. The molecule has 0 aliphatic rings. The fraction of sp³-hybridized carbons (Fsp3) is 0.810. The Morgan fingerprint density at radius 1 is 0.596 bits per heavy atom. The van der Waals surface area contributed by atoms with Crippen LogP contribution in [0.5, 0.6) is 0 Å². The number of hydrogen-bond acceptors (Lipinski definition) is 8. The lowest BCUT2D eigenvalue weighted by Gasteiger charge is -2.28. The maximum atomic E-state index is 12.6. The predicted octanol–water partition coefficient (Wildman–Crippen LogP) is 10.7. The van der Waals surface area contributed by atoms with E-state index in [1.54, 1.807) is 0 Å². The van der Waals surface area contributed by atoms with E-state index in [4.69, 9.17) is 18.5 Å². The maximum Gasteiger partial charge on any atom is 0.306 e. The fourth-order valence-corrected chi connectivity index (χ4v) is 6.10. The van der Waals surface area contributed by atoms with Crippen molar-refractivity contribution in [3.05, 3.63) is 36.5 Å². The van der Waals surface area contributed by atoms with E-state index < -0.39 is 32.5 Å². The van der Waals surface area contributed by atoms with Crippen LogP contribution in [0.25, 0.3) is 0 Å². The van der Waals surface area contributed by atoms with Crippen LogP contribution in [0.15, 0.2) is 36.5 Å². The number of rotatable bonds is 37. The molecule has 0 saturated carbocycles. The molecular formula is C42H78NO8P. The van der Waals surface area contributed by atoms with Crippen LogP contribution in [-0.4, -0.2) is 70.0 Å². The van der Waals surface area contributed by atoms with Gasteiger partial charge >= 0.3 is 11.9 Å². The number of phosphoric ester groups is 1. The van der Waals surface area contributed by atoms with Crippen molar-refractivity contribution in [2.24, 2.45) is 0 Å². The predicted molar refractivity (Wildman–Crippen MR) is 213 cm³/mol. The summed E-state index contributed by atoms with van der Waals surface area (Å²) in [4.78, 5) is 37.4. The summed E-state index contributed by atoms with van der Waals surface area (Å²) in [7, 11) is 1.14. The summed E-state index contributed by atoms with van der Waals surface area (Å²) in [6.45, 7) is 4.14. The average Bonchev–Trinajstić information content (AvgIpc) is 3.09. The molecule has 0 rings (SSSR count). The van der Waals surface area contributed by atoms with Crippen LogP contribution in [0.2, 0.25) is 0 Å². The zero-order chi connectivity index (χ0) is 38.6. The summed E-state index contributed by atoms with van der Waals surface area (Å²) >= 11 is 0. The molecule has 0 fully saturated rings. The van der Waals surface area contributed by atoms with Gasteiger partial charge in [-0.05, 0) is 44.9 Å². The highest BCUT2D eigenvalue weighted by molar-refractivity contribution is 7.45. The molecule has 0 aromatic heterocycles. The quantitative estimate of drug-likeness (QED) is 0.0203. The number of nitrogens with zero attached hydrogens (tertiary/aromatic N) is 1. The van der Waals surface area contributed by atoms with E-state index in [2.05, 4.69) is 50.3 Å². The molecule has 52 heavy (non-hydrogen) atoms. The van der Waals surface area contributed by atoms with Crippen LogP contribution in [0.3, 0.4) is 0 Å². The molecule has 0 radical (unpaired) electrons. The zero-order valence-corrected chi connectivity index (χ0v) is 34.9. The summed E-state index contributed by atoms with van der Waals surface area (Å²) in [6.07, 6.45) is 37.5. The number of hydrogen-bond donors (Lipinski definition) is 0. The van der Waals surface area contributed by atoms with E-state index >= 15 is 0 Å². The molecule has 0 aliphatic carbocycles. The molecule has 0 N–H and O–H groups in total. The second kappa shape index (κ2) is 35.0. The van der Waals surface area contributed by atoms with Crippen molar-refractivity contribution in [2.75, 3.05) is 47.5 Å². The van der Waals surface area contributed by atoms with Gasteiger partial charge in [0.15, 0.2) is 6.10 Å². The van der Waals surface area contributed by atoms with Crippen LogP contribution in [0, 0.1) is 0 Å². The first-order chi connectivity index (χ1) is 25.0. The lowest BCUT2D eigenvalue weighted by Crippen LogP contribution is -2.37. The molecule has 0 spiro atoms. The molecule has 2 atom stereocenters. The monoisotopic (exact) mass is 756 g/mol. The zero-order valence-electron chi connectivity index (χ0n) is 34.0. The van der Waals surface area contributed by atoms with E-state index in [-0.39, 0.29) is 26.1 Å². The minimum atomic E-state index is -4.63. The number of phosphoric acid groups is 1. The standard InChI is InChI=1S/C42H78NO8P/c1-6-8-10-12-14-16-18-19-20-21-22-23-25-26-28-30-32-34-41(44)48-38-40(39-50-52(46,47)49-37-36-43(3,4)5)51-42(45)35-33-31-29-27-24-17-15-13-11-9-7-2/h19-20,22-23,26,28,40H,6-18,21,24-25,27,29-39H2,1-5H3/b20-19-,23-22-,28-26-/t40-/m1/s1. The third kappa shape index (κ3) is 38.0. The number of esters is 2. The minimum absolute atomic E-state index is 0.0377. The minimum Gasteiger partial charge on any atom is -0.756 e. The molecule has 9 nitrogen and oxygen atoms in total. The number of ether oxygens (including phenoxy) is 2. The summed E-state index contributed by atoms with van der Waals surface area (Å²) in [5.41, 5.74) is 0. The first kappa shape index (κ1) is 50.2. The van der Waals surface area contributed by atoms with Crippen LogP contribution >= 0.6 is 7.82 Å². The summed E-state index contributed by atoms with van der Waals surface area (Å²) in [5.74, 6) is -0.896. The van der Waals surface area contributed by atoms with E-state index in [0.29, 0.717) is 23.9 Å². The number of carbonyl (C=O) groups excluding carboxylic acids is 2. The van der Waals surface area contributed by atoms with Gasteiger partial charge in [-0.25, -0.2) is 0 Å². The molecule has 0 saturated heterocycles. The Kier molecular flexibility index (Phi) is 33.8. The molecule has 0 bridgehead atoms. The van der Waals surface area contributed by atoms with Gasteiger partial charge in [-0.3, -0.25) is 14.2 Å². The number of allylic oxidation sites excluding steroid dienone is 6. The van der Waals surface area contributed by atoms with Gasteiger partial charge in [0, 0.05) is 12.8 Å². The van der Waals surface area contributed by atoms with Gasteiger partial charge < -0.3 is 27.9 Å². The van der Waals surface area contributed by atoms with E-state index in [1.807, 2.05) is 21.1 Å². The van der Waals surface area contributed by atoms with E-state index in [1.165, 1.54) is 83.5 Å². The highest BCUT2D eigenvalue weighted by Crippen LogP contribution is 2.38. The third-order valence-corrected chi connectivity index (χ3v) is 9.63. The van der Waals surface area contributed by atoms with Crippen molar-refractivity contribution in [1.29, 1.82) is 0 Å². The van der Waals surface area contributed by atoms with Crippen LogP contribution in [-0.2, 0) is 32.7 Å². The summed E-state index contributed by atoms with van der Waals surface area (Å²) in [5, 5.41) is 0. The fourth-order valence-electron chi connectivity index (χ4n) is 5.38. The van der Waals surface area contributed by atoms with Crippen molar-refractivity contribution < 1.29 is 42.1 Å². The Morgan fingerprint density at radius 2 is 1.06 bits per heavy atom. The van der Waals surface area contributed by atoms with Crippen LogP contribution in [0.4, 0.5) is 0 Å². The van der Waals surface area contributed by atoms with Crippen molar-refractivity contribution in [3.63, 3.8) is 0 Å². The van der Waals surface area contributed by atoms with Gasteiger partial charge in [0.2, 0.25) is 0 Å². The van der Waals surface area contributed by atoms with Crippen LogP contribution < -0.4 is 4.89 Å². The Bertz CT molecular complexity index is 991. The first-order valence-corrected chi connectivity index (χ1v) is 22.2.